The van der Waals surface area contributed by atoms with E-state index in [0.29, 0.717) is 19.3 Å². The van der Waals surface area contributed by atoms with Crippen LogP contribution in [0.5, 0.6) is 5.75 Å². The van der Waals surface area contributed by atoms with E-state index in [1.165, 1.54) is 5.56 Å². The maximum absolute atomic E-state index is 5.65. The normalized spacial score (nSPS) is 12.4. The second-order valence-corrected chi connectivity index (χ2v) is 5.51. The highest BCUT2D eigenvalue weighted by Crippen LogP contribution is 2.25. The minimum absolute atomic E-state index is 0.559. The maximum Gasteiger partial charge on any atom is 0.133 e. The molecule has 0 fully saturated rings. The fourth-order valence-electron chi connectivity index (χ4n) is 1.56. The van der Waals surface area contributed by atoms with E-state index in [1.54, 1.807) is 0 Å². The van der Waals surface area contributed by atoms with E-state index in [9.17, 15) is 0 Å². The molecule has 1 aromatic rings. The molecule has 0 radical (unpaired) electrons. The van der Waals surface area contributed by atoms with Gasteiger partial charge in [0.05, 0.1) is 17.7 Å². The van der Waals surface area contributed by atoms with Crippen LogP contribution >= 0.6 is 15.9 Å². The molecule has 0 aliphatic carbocycles. The Hall–Kier alpha value is -0.580. The van der Waals surface area contributed by atoms with Gasteiger partial charge < -0.3 is 14.8 Å². The van der Waals surface area contributed by atoms with Gasteiger partial charge in [0, 0.05) is 12.6 Å². The molecule has 1 N–H and O–H groups in total. The maximum atomic E-state index is 5.65. The summed E-state index contributed by atoms with van der Waals surface area (Å²) in [5.41, 5.74) is 1.21. The van der Waals surface area contributed by atoms with Crippen LogP contribution in [-0.2, 0) is 4.74 Å². The second-order valence-electron chi connectivity index (χ2n) is 4.66. The summed E-state index contributed by atoms with van der Waals surface area (Å²) in [6, 6.07) is 6.62. The first-order chi connectivity index (χ1) is 9.13. The van der Waals surface area contributed by atoms with Gasteiger partial charge in [0.2, 0.25) is 0 Å². The molecule has 1 aromatic carbocycles. The van der Waals surface area contributed by atoms with Crippen LogP contribution < -0.4 is 10.1 Å². The van der Waals surface area contributed by atoms with Crippen LogP contribution in [0.3, 0.4) is 0 Å². The number of hydrogen-bond acceptors (Lipinski definition) is 3. The molecule has 0 heterocycles. The van der Waals surface area contributed by atoms with Gasteiger partial charge in [0.15, 0.2) is 0 Å². The zero-order chi connectivity index (χ0) is 14.1. The molecule has 3 nitrogen and oxygen atoms in total. The van der Waals surface area contributed by atoms with E-state index < -0.39 is 0 Å². The molecule has 0 amide bonds. The average Bonchev–Trinajstić information content (AvgIpc) is 2.39. The summed E-state index contributed by atoms with van der Waals surface area (Å²) < 4.78 is 12.2. The smallest absolute Gasteiger partial charge is 0.133 e. The van der Waals surface area contributed by atoms with Crippen molar-refractivity contribution in [1.82, 2.24) is 5.32 Å². The number of hydrogen-bond donors (Lipinski definition) is 1. The number of ether oxygens (including phenoxy) is 2. The number of benzene rings is 1. The van der Waals surface area contributed by atoms with Crippen LogP contribution in [0.1, 0.15) is 25.8 Å². The lowest BCUT2D eigenvalue weighted by Crippen LogP contribution is -2.29. The van der Waals surface area contributed by atoms with Crippen LogP contribution in [0.15, 0.2) is 22.7 Å². The Morgan fingerprint density at radius 3 is 2.74 bits per heavy atom. The van der Waals surface area contributed by atoms with Gasteiger partial charge in [-0.3, -0.25) is 0 Å². The van der Waals surface area contributed by atoms with Crippen molar-refractivity contribution in [2.45, 2.75) is 33.2 Å². The van der Waals surface area contributed by atoms with Gasteiger partial charge in [-0.25, -0.2) is 0 Å². The van der Waals surface area contributed by atoms with Crippen molar-refractivity contribution < 1.29 is 9.47 Å². The molecule has 0 unspecified atom stereocenters. The van der Waals surface area contributed by atoms with E-state index in [4.69, 9.17) is 9.47 Å². The minimum atomic E-state index is 0.559. The fourth-order valence-corrected chi connectivity index (χ4v) is 2.17. The molecular weight excluding hydrogens is 306 g/mol. The van der Waals surface area contributed by atoms with Crippen LogP contribution in [0.25, 0.3) is 0 Å². The molecular formula is C15H24BrNO2. The van der Waals surface area contributed by atoms with Crippen LogP contribution in [-0.4, -0.2) is 32.4 Å². The average molecular weight is 330 g/mol. The zero-order valence-electron chi connectivity index (χ0n) is 12.0. The lowest BCUT2D eigenvalue weighted by atomic mass is 10.2. The van der Waals surface area contributed by atoms with Gasteiger partial charge in [0.1, 0.15) is 12.4 Å². The highest BCUT2D eigenvalue weighted by Gasteiger charge is 2.01. The van der Waals surface area contributed by atoms with Crippen LogP contribution in [0, 0.1) is 6.92 Å². The van der Waals surface area contributed by atoms with E-state index in [1.807, 2.05) is 18.2 Å². The monoisotopic (exact) mass is 329 g/mol. The van der Waals surface area contributed by atoms with Gasteiger partial charge in [-0.05, 0) is 53.9 Å². The summed E-state index contributed by atoms with van der Waals surface area (Å²) >= 11 is 3.49. The Morgan fingerprint density at radius 2 is 2.05 bits per heavy atom. The van der Waals surface area contributed by atoms with Crippen molar-refractivity contribution in [3.63, 3.8) is 0 Å². The van der Waals surface area contributed by atoms with Gasteiger partial charge in [-0.1, -0.05) is 13.0 Å². The topological polar surface area (TPSA) is 30.5 Å². The standard InChI is InChI=1S/C15H24BrNO2/c1-4-13(3)17-7-8-18-9-10-19-15-6-5-12(2)11-14(15)16/h5-6,11,13,17H,4,7-10H2,1-3H3/t13-/m0/s1. The summed E-state index contributed by atoms with van der Waals surface area (Å²) in [6.07, 6.45) is 1.14. The molecule has 0 bridgehead atoms. The predicted molar refractivity (Wildman–Crippen MR) is 82.9 cm³/mol. The van der Waals surface area contributed by atoms with E-state index in [2.05, 4.69) is 42.0 Å². The second kappa shape index (κ2) is 9.34. The lowest BCUT2D eigenvalue weighted by molar-refractivity contribution is 0.100. The number of halogens is 1. The summed E-state index contributed by atoms with van der Waals surface area (Å²) in [5, 5.41) is 3.38. The summed E-state index contributed by atoms with van der Waals surface area (Å²) in [4.78, 5) is 0. The molecule has 0 aliphatic heterocycles. The Kier molecular flexibility index (Phi) is 8.10. The SMILES string of the molecule is CC[C@H](C)NCCOCCOc1ccc(C)cc1Br. The van der Waals surface area contributed by atoms with Crippen LogP contribution in [0.2, 0.25) is 0 Å². The molecule has 108 valence electrons. The molecule has 0 aliphatic rings. The Bertz CT molecular complexity index is 371. The first-order valence-electron chi connectivity index (χ1n) is 6.83. The number of aryl methyl sites for hydroxylation is 1. The molecule has 1 rings (SSSR count). The number of rotatable bonds is 9. The molecule has 0 spiro atoms. The Balaban J connectivity index is 2.07. The third-order valence-electron chi connectivity index (χ3n) is 2.92. The largest absolute Gasteiger partial charge is 0.490 e. The lowest BCUT2D eigenvalue weighted by Gasteiger charge is -2.12. The summed E-state index contributed by atoms with van der Waals surface area (Å²) in [5.74, 6) is 0.868. The number of nitrogens with one attached hydrogen (secondary N) is 1. The van der Waals surface area contributed by atoms with Gasteiger partial charge in [0.25, 0.3) is 0 Å². The highest BCUT2D eigenvalue weighted by molar-refractivity contribution is 9.10. The Morgan fingerprint density at radius 1 is 1.26 bits per heavy atom. The first kappa shape index (κ1) is 16.5. The van der Waals surface area contributed by atoms with Crippen molar-refractivity contribution in [3.8, 4) is 5.75 Å². The quantitative estimate of drug-likeness (QED) is 0.703. The molecule has 19 heavy (non-hydrogen) atoms. The molecule has 1 atom stereocenters. The van der Waals surface area contributed by atoms with E-state index in [0.717, 1.165) is 29.8 Å². The molecule has 0 saturated heterocycles. The first-order valence-corrected chi connectivity index (χ1v) is 7.63. The minimum Gasteiger partial charge on any atom is -0.490 e. The van der Waals surface area contributed by atoms with Crippen molar-refractivity contribution in [3.05, 3.63) is 28.2 Å². The van der Waals surface area contributed by atoms with Crippen molar-refractivity contribution in [2.75, 3.05) is 26.4 Å². The molecule has 0 saturated carbocycles. The van der Waals surface area contributed by atoms with Crippen molar-refractivity contribution >= 4 is 15.9 Å². The van der Waals surface area contributed by atoms with E-state index in [-0.39, 0.29) is 0 Å². The third kappa shape index (κ3) is 6.95. The van der Waals surface area contributed by atoms with Crippen molar-refractivity contribution in [2.24, 2.45) is 0 Å². The van der Waals surface area contributed by atoms with Gasteiger partial charge in [-0.15, -0.1) is 0 Å². The van der Waals surface area contributed by atoms with Gasteiger partial charge in [-0.2, -0.15) is 0 Å². The fraction of sp³-hybridized carbons (Fsp3) is 0.600. The van der Waals surface area contributed by atoms with E-state index >= 15 is 0 Å². The van der Waals surface area contributed by atoms with Gasteiger partial charge >= 0.3 is 0 Å². The molecule has 0 aromatic heterocycles. The summed E-state index contributed by atoms with van der Waals surface area (Å²) in [6.45, 7) is 9.21. The van der Waals surface area contributed by atoms with Crippen LogP contribution in [0.4, 0.5) is 0 Å². The van der Waals surface area contributed by atoms with Crippen molar-refractivity contribution in [1.29, 1.82) is 0 Å². The predicted octanol–water partition coefficient (Wildman–Crippen LogP) is 3.54. The molecule has 4 heteroatoms. The Labute approximate surface area is 124 Å². The third-order valence-corrected chi connectivity index (χ3v) is 3.54. The highest BCUT2D eigenvalue weighted by atomic mass is 79.9. The zero-order valence-corrected chi connectivity index (χ0v) is 13.6. The summed E-state index contributed by atoms with van der Waals surface area (Å²) in [7, 11) is 0.